The van der Waals surface area contributed by atoms with Crippen molar-refractivity contribution in [1.29, 1.82) is 0 Å². The van der Waals surface area contributed by atoms with Gasteiger partial charge in [0, 0.05) is 28.8 Å². The Hall–Kier alpha value is -2.97. The average molecular weight is 473 g/mol. The summed E-state index contributed by atoms with van der Waals surface area (Å²) in [6, 6.07) is 11.1. The van der Waals surface area contributed by atoms with E-state index >= 15 is 0 Å². The van der Waals surface area contributed by atoms with E-state index in [0.29, 0.717) is 28.8 Å². The smallest absolute Gasteiger partial charge is 0.409 e. The highest BCUT2D eigenvalue weighted by molar-refractivity contribution is 9.10. The van der Waals surface area contributed by atoms with E-state index in [1.54, 1.807) is 19.2 Å². The molecule has 0 fully saturated rings. The van der Waals surface area contributed by atoms with E-state index in [-0.39, 0.29) is 5.75 Å². The molecule has 2 N–H and O–H groups in total. The third kappa shape index (κ3) is 4.23. The Morgan fingerprint density at radius 2 is 2.07 bits per heavy atom. The monoisotopic (exact) mass is 471 g/mol. The van der Waals surface area contributed by atoms with E-state index in [0.717, 1.165) is 21.1 Å². The van der Waals surface area contributed by atoms with Gasteiger partial charge in [0.15, 0.2) is 11.6 Å². The van der Waals surface area contributed by atoms with E-state index < -0.39 is 6.09 Å². The van der Waals surface area contributed by atoms with Gasteiger partial charge in [-0.15, -0.1) is 0 Å². The first-order chi connectivity index (χ1) is 14.0. The Bertz CT molecular complexity index is 1190. The predicted octanol–water partition coefficient (Wildman–Crippen LogP) is 5.21. The highest BCUT2D eigenvalue weighted by atomic mass is 79.9. The van der Waals surface area contributed by atoms with E-state index in [1.165, 1.54) is 6.20 Å². The molecule has 0 atom stereocenters. The first-order valence-corrected chi connectivity index (χ1v) is 9.94. The van der Waals surface area contributed by atoms with Gasteiger partial charge in [0.1, 0.15) is 5.69 Å². The highest BCUT2D eigenvalue weighted by Crippen LogP contribution is 2.29. The van der Waals surface area contributed by atoms with Crippen LogP contribution in [0, 0.1) is 0 Å². The number of aromatic nitrogens is 4. The number of fused-ring (bicyclic) bond motifs is 1. The lowest BCUT2D eigenvalue weighted by molar-refractivity contribution is 0.201. The maximum absolute atomic E-state index is 11.5. The fourth-order valence-electron chi connectivity index (χ4n) is 2.75. The molecule has 4 aromatic rings. The number of imidazole rings is 1. The molecule has 0 aliphatic heterocycles. The molecule has 0 saturated heterocycles. The van der Waals surface area contributed by atoms with Crippen molar-refractivity contribution in [2.75, 3.05) is 6.54 Å². The Morgan fingerprint density at radius 1 is 1.21 bits per heavy atom. The molecule has 1 aromatic carbocycles. The second kappa shape index (κ2) is 8.18. The van der Waals surface area contributed by atoms with Crippen molar-refractivity contribution in [3.63, 3.8) is 0 Å². The number of rotatable bonds is 4. The zero-order chi connectivity index (χ0) is 20.4. The van der Waals surface area contributed by atoms with Gasteiger partial charge in [-0.2, -0.15) is 0 Å². The summed E-state index contributed by atoms with van der Waals surface area (Å²) in [6.07, 6.45) is 2.57. The SMILES string of the molecule is CCNC(=O)Oc1cnc(-c2ccc(-c3nc4ccc(Br)cc4[nH]3)nc2)c(Cl)c1. The number of carbonyl (C=O) groups is 1. The lowest BCUT2D eigenvalue weighted by Gasteiger charge is -2.08. The van der Waals surface area contributed by atoms with Crippen LogP contribution < -0.4 is 10.1 Å². The molecule has 0 radical (unpaired) electrons. The largest absolute Gasteiger partial charge is 0.412 e. The van der Waals surface area contributed by atoms with Crippen molar-refractivity contribution in [1.82, 2.24) is 25.3 Å². The van der Waals surface area contributed by atoms with Gasteiger partial charge in [-0.05, 0) is 37.3 Å². The lowest BCUT2D eigenvalue weighted by atomic mass is 10.1. The molecule has 29 heavy (non-hydrogen) atoms. The Kier molecular flexibility index (Phi) is 5.46. The normalized spacial score (nSPS) is 10.9. The molecule has 0 aliphatic rings. The third-order valence-electron chi connectivity index (χ3n) is 4.07. The Labute approximate surface area is 179 Å². The summed E-state index contributed by atoms with van der Waals surface area (Å²) in [5.41, 5.74) is 3.77. The standard InChI is InChI=1S/C20H15BrClN5O2/c1-2-23-20(28)29-13-8-14(22)18(25-10-13)11-3-5-16(24-9-11)19-26-15-6-4-12(21)7-17(15)27-19/h3-10H,2H2,1H3,(H,23,28)(H,26,27). The number of amides is 1. The van der Waals surface area contributed by atoms with Gasteiger partial charge in [0.2, 0.25) is 0 Å². The number of nitrogens with zero attached hydrogens (tertiary/aromatic N) is 3. The number of halogens is 2. The molecule has 0 unspecified atom stereocenters. The van der Waals surface area contributed by atoms with Crippen molar-refractivity contribution in [2.45, 2.75) is 6.92 Å². The van der Waals surface area contributed by atoms with Gasteiger partial charge in [-0.1, -0.05) is 27.5 Å². The molecule has 4 rings (SSSR count). The fraction of sp³-hybridized carbons (Fsp3) is 0.100. The summed E-state index contributed by atoms with van der Waals surface area (Å²) in [7, 11) is 0. The van der Waals surface area contributed by atoms with Crippen molar-refractivity contribution in [3.8, 4) is 28.5 Å². The Balaban J connectivity index is 1.57. The molecular weight excluding hydrogens is 458 g/mol. The minimum absolute atomic E-state index is 0.266. The maximum Gasteiger partial charge on any atom is 0.412 e. The molecular formula is C20H15BrClN5O2. The van der Waals surface area contributed by atoms with Crippen LogP contribution in [0.5, 0.6) is 5.75 Å². The first kappa shape index (κ1) is 19.4. The molecule has 0 bridgehead atoms. The summed E-state index contributed by atoms with van der Waals surface area (Å²) in [6.45, 7) is 2.27. The number of hydrogen-bond acceptors (Lipinski definition) is 5. The molecule has 1 amide bonds. The molecule has 0 aliphatic carbocycles. The number of hydrogen-bond donors (Lipinski definition) is 2. The second-order valence-corrected chi connectivity index (χ2v) is 7.42. The third-order valence-corrected chi connectivity index (χ3v) is 4.85. The fourth-order valence-corrected chi connectivity index (χ4v) is 3.38. The van der Waals surface area contributed by atoms with Crippen molar-refractivity contribution in [2.24, 2.45) is 0 Å². The van der Waals surface area contributed by atoms with Crippen LogP contribution in [0.1, 0.15) is 6.92 Å². The average Bonchev–Trinajstić information content (AvgIpc) is 3.11. The number of aromatic amines is 1. The van der Waals surface area contributed by atoms with Crippen LogP contribution in [0.25, 0.3) is 33.8 Å². The van der Waals surface area contributed by atoms with E-state index in [9.17, 15) is 4.79 Å². The minimum atomic E-state index is -0.554. The maximum atomic E-state index is 11.5. The second-order valence-electron chi connectivity index (χ2n) is 6.10. The van der Waals surface area contributed by atoms with E-state index in [1.807, 2.05) is 30.3 Å². The van der Waals surface area contributed by atoms with Crippen LogP contribution >= 0.6 is 27.5 Å². The number of pyridine rings is 2. The van der Waals surface area contributed by atoms with Crippen molar-refractivity contribution < 1.29 is 9.53 Å². The highest BCUT2D eigenvalue weighted by Gasteiger charge is 2.12. The molecule has 146 valence electrons. The Morgan fingerprint density at radius 3 is 2.79 bits per heavy atom. The van der Waals surface area contributed by atoms with Gasteiger partial charge < -0.3 is 15.0 Å². The van der Waals surface area contributed by atoms with Gasteiger partial charge in [-0.25, -0.2) is 9.78 Å². The lowest BCUT2D eigenvalue weighted by Crippen LogP contribution is -2.26. The number of H-pyrrole nitrogens is 1. The van der Waals surface area contributed by atoms with Crippen LogP contribution in [-0.2, 0) is 0 Å². The molecule has 9 heteroatoms. The zero-order valence-corrected chi connectivity index (χ0v) is 17.6. The minimum Gasteiger partial charge on any atom is -0.409 e. The summed E-state index contributed by atoms with van der Waals surface area (Å²) in [4.78, 5) is 28.1. The molecule has 3 aromatic heterocycles. The molecule has 3 heterocycles. The summed E-state index contributed by atoms with van der Waals surface area (Å²) in [5.74, 6) is 0.942. The quantitative estimate of drug-likeness (QED) is 0.425. The predicted molar refractivity (Wildman–Crippen MR) is 115 cm³/mol. The summed E-state index contributed by atoms with van der Waals surface area (Å²) in [5, 5.41) is 2.90. The van der Waals surface area contributed by atoms with Gasteiger partial charge in [0.25, 0.3) is 0 Å². The molecule has 0 saturated carbocycles. The van der Waals surface area contributed by atoms with Gasteiger partial charge in [-0.3, -0.25) is 9.97 Å². The van der Waals surface area contributed by atoms with Crippen LogP contribution in [0.15, 0.2) is 53.3 Å². The van der Waals surface area contributed by atoms with Gasteiger partial charge in [0.05, 0.1) is 27.9 Å². The number of nitrogens with one attached hydrogen (secondary N) is 2. The number of benzene rings is 1. The molecule has 7 nitrogen and oxygen atoms in total. The van der Waals surface area contributed by atoms with E-state index in [4.69, 9.17) is 16.3 Å². The number of carbonyl (C=O) groups excluding carboxylic acids is 1. The summed E-state index contributed by atoms with van der Waals surface area (Å²) >= 11 is 9.78. The van der Waals surface area contributed by atoms with E-state index in [2.05, 4.69) is 41.2 Å². The van der Waals surface area contributed by atoms with Crippen LogP contribution in [0.3, 0.4) is 0 Å². The first-order valence-electron chi connectivity index (χ1n) is 8.77. The molecule has 0 spiro atoms. The van der Waals surface area contributed by atoms with Crippen molar-refractivity contribution >= 4 is 44.7 Å². The van der Waals surface area contributed by atoms with Crippen LogP contribution in [0.4, 0.5) is 4.79 Å². The number of ether oxygens (including phenoxy) is 1. The van der Waals surface area contributed by atoms with Crippen LogP contribution in [-0.4, -0.2) is 32.6 Å². The topological polar surface area (TPSA) is 92.8 Å². The van der Waals surface area contributed by atoms with Crippen molar-refractivity contribution in [3.05, 3.63) is 58.3 Å². The summed E-state index contributed by atoms with van der Waals surface area (Å²) < 4.78 is 6.09. The van der Waals surface area contributed by atoms with Crippen LogP contribution in [0.2, 0.25) is 5.02 Å². The zero-order valence-electron chi connectivity index (χ0n) is 15.2. The van der Waals surface area contributed by atoms with Gasteiger partial charge >= 0.3 is 6.09 Å².